The average Bonchev–Trinajstić information content (AvgIpc) is 2.66. The second-order valence-electron chi connectivity index (χ2n) is 2.82. The molecule has 14 heavy (non-hydrogen) atoms. The topological polar surface area (TPSA) is 38.1 Å². The van der Waals surface area contributed by atoms with Gasteiger partial charge >= 0.3 is 0 Å². The van der Waals surface area contributed by atoms with Crippen LogP contribution in [0.5, 0.6) is 0 Å². The van der Waals surface area contributed by atoms with Crippen molar-refractivity contribution in [2.24, 2.45) is 0 Å². The number of amides is 1. The second kappa shape index (κ2) is 5.07. The summed E-state index contributed by atoms with van der Waals surface area (Å²) >= 11 is 0. The summed E-state index contributed by atoms with van der Waals surface area (Å²) in [7, 11) is 0. The van der Waals surface area contributed by atoms with Crippen LogP contribution in [0.3, 0.4) is 0 Å². The molecule has 1 aromatic rings. The quantitative estimate of drug-likeness (QED) is 0.645. The maximum Gasteiger partial charge on any atom is 0.245 e. The summed E-state index contributed by atoms with van der Waals surface area (Å²) < 4.78 is 1.58. The number of carbonyl (C=O) groups is 1. The molecule has 0 fully saturated rings. The molecule has 1 rings (SSSR count). The van der Waals surface area contributed by atoms with Crippen molar-refractivity contribution in [2.45, 2.75) is 13.5 Å². The number of likely N-dealkylation sites (N-methyl/N-ethyl adjacent to an activating group) is 1. The molecule has 0 saturated carbocycles. The van der Waals surface area contributed by atoms with Crippen LogP contribution in [0.1, 0.15) is 6.92 Å². The summed E-state index contributed by atoms with van der Waals surface area (Å²) in [5.74, 6) is 2.45. The molecule has 0 N–H and O–H groups in total. The van der Waals surface area contributed by atoms with Crippen LogP contribution in [-0.2, 0) is 11.3 Å². The van der Waals surface area contributed by atoms with Gasteiger partial charge in [0.2, 0.25) is 5.91 Å². The standard InChI is InChI=1S/C10H13N3O/c1-3-7-12(4-2)10(14)9-13-8-5-6-11-13/h1,5-6,8H,4,7,9H2,2H3. The third kappa shape index (κ3) is 2.63. The molecule has 0 spiro atoms. The van der Waals surface area contributed by atoms with E-state index < -0.39 is 0 Å². The summed E-state index contributed by atoms with van der Waals surface area (Å²) in [4.78, 5) is 13.2. The molecule has 1 aromatic heterocycles. The molecular formula is C10H13N3O. The van der Waals surface area contributed by atoms with Gasteiger partial charge in [-0.25, -0.2) is 0 Å². The van der Waals surface area contributed by atoms with Gasteiger partial charge in [-0.05, 0) is 13.0 Å². The first kappa shape index (κ1) is 10.3. The van der Waals surface area contributed by atoms with Crippen LogP contribution >= 0.6 is 0 Å². The zero-order valence-corrected chi connectivity index (χ0v) is 8.18. The summed E-state index contributed by atoms with van der Waals surface area (Å²) in [5, 5.41) is 3.95. The molecule has 0 atom stereocenters. The van der Waals surface area contributed by atoms with E-state index in [4.69, 9.17) is 6.42 Å². The highest BCUT2D eigenvalue weighted by Gasteiger charge is 2.10. The van der Waals surface area contributed by atoms with Crippen LogP contribution < -0.4 is 0 Å². The molecule has 4 heteroatoms. The van der Waals surface area contributed by atoms with Crippen molar-refractivity contribution in [3.8, 4) is 12.3 Å². The summed E-state index contributed by atoms with van der Waals surface area (Å²) in [6.07, 6.45) is 8.55. The van der Waals surface area contributed by atoms with E-state index >= 15 is 0 Å². The highest BCUT2D eigenvalue weighted by atomic mass is 16.2. The lowest BCUT2D eigenvalue weighted by Gasteiger charge is -2.17. The number of hydrogen-bond donors (Lipinski definition) is 0. The van der Waals surface area contributed by atoms with Gasteiger partial charge in [0.05, 0.1) is 6.54 Å². The van der Waals surface area contributed by atoms with E-state index in [2.05, 4.69) is 11.0 Å². The van der Waals surface area contributed by atoms with Crippen molar-refractivity contribution < 1.29 is 4.79 Å². The van der Waals surface area contributed by atoms with Crippen LogP contribution in [0.15, 0.2) is 18.5 Å². The van der Waals surface area contributed by atoms with E-state index in [1.54, 1.807) is 28.0 Å². The Bertz CT molecular complexity index is 324. The molecule has 0 unspecified atom stereocenters. The van der Waals surface area contributed by atoms with Crippen LogP contribution in [0.4, 0.5) is 0 Å². The maximum atomic E-state index is 11.6. The Hall–Kier alpha value is -1.76. The SMILES string of the molecule is C#CCN(CC)C(=O)Cn1cccn1. The molecule has 4 nitrogen and oxygen atoms in total. The van der Waals surface area contributed by atoms with Crippen molar-refractivity contribution in [1.29, 1.82) is 0 Å². The summed E-state index contributed by atoms with van der Waals surface area (Å²) in [6, 6.07) is 1.78. The van der Waals surface area contributed by atoms with Gasteiger partial charge in [-0.3, -0.25) is 9.48 Å². The Balaban J connectivity index is 2.52. The van der Waals surface area contributed by atoms with Crippen molar-refractivity contribution >= 4 is 5.91 Å². The maximum absolute atomic E-state index is 11.6. The van der Waals surface area contributed by atoms with E-state index in [1.807, 2.05) is 6.92 Å². The van der Waals surface area contributed by atoms with Gasteiger partial charge in [0.25, 0.3) is 0 Å². The lowest BCUT2D eigenvalue weighted by molar-refractivity contribution is -0.131. The molecular weight excluding hydrogens is 178 g/mol. The number of nitrogens with zero attached hydrogens (tertiary/aromatic N) is 3. The van der Waals surface area contributed by atoms with Crippen molar-refractivity contribution in [2.75, 3.05) is 13.1 Å². The minimum atomic E-state index is -0.00542. The number of rotatable bonds is 4. The molecule has 1 amide bonds. The molecule has 0 saturated heterocycles. The van der Waals surface area contributed by atoms with E-state index in [0.29, 0.717) is 13.1 Å². The summed E-state index contributed by atoms with van der Waals surface area (Å²) in [6.45, 7) is 3.14. The molecule has 0 aliphatic rings. The lowest BCUT2D eigenvalue weighted by Crippen LogP contribution is -2.34. The average molecular weight is 191 g/mol. The molecule has 0 bridgehead atoms. The molecule has 0 radical (unpaired) electrons. The second-order valence-corrected chi connectivity index (χ2v) is 2.82. The fourth-order valence-electron chi connectivity index (χ4n) is 1.12. The Morgan fingerprint density at radius 1 is 1.71 bits per heavy atom. The Labute approximate surface area is 83.5 Å². The van der Waals surface area contributed by atoms with Gasteiger partial charge in [-0.15, -0.1) is 6.42 Å². The zero-order chi connectivity index (χ0) is 10.4. The molecule has 1 heterocycles. The minimum Gasteiger partial charge on any atom is -0.330 e. The first-order valence-corrected chi connectivity index (χ1v) is 4.46. The number of aromatic nitrogens is 2. The van der Waals surface area contributed by atoms with E-state index in [9.17, 15) is 4.79 Å². The predicted molar refractivity (Wildman–Crippen MR) is 53.3 cm³/mol. The highest BCUT2D eigenvalue weighted by Crippen LogP contribution is 1.92. The van der Waals surface area contributed by atoms with Gasteiger partial charge in [0.15, 0.2) is 0 Å². The fourth-order valence-corrected chi connectivity index (χ4v) is 1.12. The fraction of sp³-hybridized carbons (Fsp3) is 0.400. The van der Waals surface area contributed by atoms with Crippen LogP contribution in [0.25, 0.3) is 0 Å². The first-order valence-electron chi connectivity index (χ1n) is 4.46. The van der Waals surface area contributed by atoms with Gasteiger partial charge in [-0.1, -0.05) is 5.92 Å². The van der Waals surface area contributed by atoms with Gasteiger partial charge < -0.3 is 4.90 Å². The van der Waals surface area contributed by atoms with Gasteiger partial charge in [0, 0.05) is 18.9 Å². The van der Waals surface area contributed by atoms with Gasteiger partial charge in [-0.2, -0.15) is 5.10 Å². The monoisotopic (exact) mass is 191 g/mol. The Morgan fingerprint density at radius 2 is 2.50 bits per heavy atom. The van der Waals surface area contributed by atoms with E-state index in [-0.39, 0.29) is 12.5 Å². The third-order valence-electron chi connectivity index (χ3n) is 1.87. The van der Waals surface area contributed by atoms with Crippen molar-refractivity contribution in [3.63, 3.8) is 0 Å². The summed E-state index contributed by atoms with van der Waals surface area (Å²) in [5.41, 5.74) is 0. The molecule has 0 aliphatic heterocycles. The largest absolute Gasteiger partial charge is 0.330 e. The van der Waals surface area contributed by atoms with Crippen LogP contribution in [0.2, 0.25) is 0 Å². The molecule has 74 valence electrons. The van der Waals surface area contributed by atoms with Gasteiger partial charge in [0.1, 0.15) is 6.54 Å². The van der Waals surface area contributed by atoms with E-state index in [1.165, 1.54) is 0 Å². The number of carbonyl (C=O) groups excluding carboxylic acids is 1. The minimum absolute atomic E-state index is 0.00542. The van der Waals surface area contributed by atoms with Crippen LogP contribution in [-0.4, -0.2) is 33.7 Å². The van der Waals surface area contributed by atoms with Crippen molar-refractivity contribution in [3.05, 3.63) is 18.5 Å². The highest BCUT2D eigenvalue weighted by molar-refractivity contribution is 5.76. The lowest BCUT2D eigenvalue weighted by atomic mass is 10.4. The zero-order valence-electron chi connectivity index (χ0n) is 8.18. The normalized spacial score (nSPS) is 9.43. The molecule has 0 aromatic carbocycles. The predicted octanol–water partition coefficient (Wildman–Crippen LogP) is 0.365. The third-order valence-corrected chi connectivity index (χ3v) is 1.87. The first-order chi connectivity index (χ1) is 6.77. The Morgan fingerprint density at radius 3 is 3.00 bits per heavy atom. The van der Waals surface area contributed by atoms with Crippen molar-refractivity contribution in [1.82, 2.24) is 14.7 Å². The molecule has 0 aliphatic carbocycles. The number of hydrogen-bond acceptors (Lipinski definition) is 2. The number of terminal acetylenes is 1. The van der Waals surface area contributed by atoms with Crippen LogP contribution in [0, 0.1) is 12.3 Å². The smallest absolute Gasteiger partial charge is 0.245 e. The van der Waals surface area contributed by atoms with E-state index in [0.717, 1.165) is 0 Å². The Kier molecular flexibility index (Phi) is 3.74.